The van der Waals surface area contributed by atoms with Crippen molar-refractivity contribution in [2.75, 3.05) is 11.9 Å². The second-order valence-electron chi connectivity index (χ2n) is 4.70. The summed E-state index contributed by atoms with van der Waals surface area (Å²) in [6, 6.07) is 7.83. The van der Waals surface area contributed by atoms with Gasteiger partial charge in [0.15, 0.2) is 0 Å². The van der Waals surface area contributed by atoms with Gasteiger partial charge in [0.1, 0.15) is 5.82 Å². The zero-order chi connectivity index (χ0) is 14.5. The number of anilines is 1. The Morgan fingerprint density at radius 1 is 1.40 bits per heavy atom. The average Bonchev–Trinajstić information content (AvgIpc) is 2.44. The molecule has 5 heteroatoms. The molecule has 0 amide bonds. The number of fused-ring (bicyclic) bond motifs is 1. The molecule has 0 bridgehead atoms. The van der Waals surface area contributed by atoms with Crippen molar-refractivity contribution < 1.29 is 9.90 Å². The number of carboxylic acids is 1. The van der Waals surface area contributed by atoms with Crippen molar-refractivity contribution in [3.63, 3.8) is 0 Å². The van der Waals surface area contributed by atoms with Crippen molar-refractivity contribution in [1.29, 1.82) is 0 Å². The van der Waals surface area contributed by atoms with Crippen molar-refractivity contribution in [3.05, 3.63) is 34.9 Å². The molecule has 2 rings (SSSR count). The normalized spacial score (nSPS) is 12.3. The van der Waals surface area contributed by atoms with Crippen LogP contribution in [0.5, 0.6) is 0 Å². The first-order chi connectivity index (χ1) is 9.63. The van der Waals surface area contributed by atoms with Gasteiger partial charge in [-0.05, 0) is 18.6 Å². The molecule has 4 nitrogen and oxygen atoms in total. The Balaban J connectivity index is 2.21. The zero-order valence-corrected chi connectivity index (χ0v) is 12.9. The number of pyridine rings is 1. The predicted molar refractivity (Wildman–Crippen MR) is 84.0 cm³/mol. The van der Waals surface area contributed by atoms with E-state index in [1.54, 1.807) is 6.20 Å². The van der Waals surface area contributed by atoms with Gasteiger partial charge in [0.25, 0.3) is 0 Å². The van der Waals surface area contributed by atoms with E-state index in [1.165, 1.54) is 0 Å². The maximum absolute atomic E-state index is 11.2. The molecule has 0 saturated carbocycles. The lowest BCUT2D eigenvalue weighted by molar-refractivity contribution is -0.141. The zero-order valence-electron chi connectivity index (χ0n) is 11.3. The molecule has 1 aromatic heterocycles. The van der Waals surface area contributed by atoms with E-state index < -0.39 is 5.97 Å². The molecule has 1 unspecified atom stereocenters. The standard InChI is InChI=1S/C15H17BrN2O2/c1-2-4-10(15(19)20)9-18-14-12-5-3-6-13(16)11(12)7-8-17-14/h3,5-8,10H,2,4,9H2,1H3,(H,17,18)(H,19,20). The molecule has 0 radical (unpaired) electrons. The van der Waals surface area contributed by atoms with Crippen LogP contribution >= 0.6 is 15.9 Å². The Hall–Kier alpha value is -1.62. The molecule has 0 saturated heterocycles. The Morgan fingerprint density at radius 2 is 2.20 bits per heavy atom. The first-order valence-electron chi connectivity index (χ1n) is 6.63. The highest BCUT2D eigenvalue weighted by Gasteiger charge is 2.16. The molecule has 0 aliphatic carbocycles. The van der Waals surface area contributed by atoms with E-state index in [-0.39, 0.29) is 5.92 Å². The van der Waals surface area contributed by atoms with Crippen LogP contribution in [0.25, 0.3) is 10.8 Å². The largest absolute Gasteiger partial charge is 0.481 e. The van der Waals surface area contributed by atoms with E-state index in [0.717, 1.165) is 27.5 Å². The number of aliphatic carboxylic acids is 1. The summed E-state index contributed by atoms with van der Waals surface area (Å²) in [4.78, 5) is 15.5. The molecule has 0 spiro atoms. The second-order valence-corrected chi connectivity index (χ2v) is 5.55. The van der Waals surface area contributed by atoms with Crippen LogP contribution in [0.3, 0.4) is 0 Å². The summed E-state index contributed by atoms with van der Waals surface area (Å²) in [5, 5.41) is 14.4. The SMILES string of the molecule is CCCC(CNc1nccc2c(Br)cccc12)C(=O)O. The van der Waals surface area contributed by atoms with Gasteiger partial charge in [-0.2, -0.15) is 0 Å². The van der Waals surface area contributed by atoms with E-state index in [0.29, 0.717) is 13.0 Å². The van der Waals surface area contributed by atoms with Crippen molar-refractivity contribution in [1.82, 2.24) is 4.98 Å². The van der Waals surface area contributed by atoms with Crippen LogP contribution < -0.4 is 5.32 Å². The summed E-state index contributed by atoms with van der Waals surface area (Å²) in [5.41, 5.74) is 0. The number of nitrogens with zero attached hydrogens (tertiary/aromatic N) is 1. The molecule has 2 aromatic rings. The third-order valence-corrected chi connectivity index (χ3v) is 3.95. The summed E-state index contributed by atoms with van der Waals surface area (Å²) < 4.78 is 1.00. The van der Waals surface area contributed by atoms with E-state index in [4.69, 9.17) is 0 Å². The Labute approximate surface area is 126 Å². The van der Waals surface area contributed by atoms with E-state index in [9.17, 15) is 9.90 Å². The molecule has 0 aliphatic rings. The number of benzene rings is 1. The van der Waals surface area contributed by atoms with Gasteiger partial charge in [-0.15, -0.1) is 0 Å². The van der Waals surface area contributed by atoms with E-state index in [2.05, 4.69) is 26.2 Å². The molecule has 20 heavy (non-hydrogen) atoms. The van der Waals surface area contributed by atoms with E-state index >= 15 is 0 Å². The fraction of sp³-hybridized carbons (Fsp3) is 0.333. The van der Waals surface area contributed by atoms with Crippen molar-refractivity contribution >= 4 is 38.5 Å². The molecule has 2 N–H and O–H groups in total. The molecule has 0 aliphatic heterocycles. The average molecular weight is 337 g/mol. The summed E-state index contributed by atoms with van der Waals surface area (Å²) in [7, 11) is 0. The third kappa shape index (κ3) is 3.28. The number of rotatable bonds is 6. The summed E-state index contributed by atoms with van der Waals surface area (Å²) in [5.74, 6) is -0.420. The Kier molecular flexibility index (Phi) is 4.95. The van der Waals surface area contributed by atoms with Gasteiger partial charge in [-0.3, -0.25) is 4.79 Å². The lowest BCUT2D eigenvalue weighted by atomic mass is 10.0. The van der Waals surface area contributed by atoms with Crippen molar-refractivity contribution in [2.45, 2.75) is 19.8 Å². The van der Waals surface area contributed by atoms with Crippen LogP contribution in [-0.2, 0) is 4.79 Å². The predicted octanol–water partition coefficient (Wildman–Crippen LogP) is 3.91. The minimum absolute atomic E-state index is 0.385. The highest BCUT2D eigenvalue weighted by Crippen LogP contribution is 2.27. The fourth-order valence-electron chi connectivity index (χ4n) is 2.19. The summed E-state index contributed by atoms with van der Waals surface area (Å²) in [6.07, 6.45) is 3.25. The van der Waals surface area contributed by atoms with Crippen molar-refractivity contribution in [3.8, 4) is 0 Å². The van der Waals surface area contributed by atoms with Gasteiger partial charge in [0.05, 0.1) is 5.92 Å². The lowest BCUT2D eigenvalue weighted by Crippen LogP contribution is -2.23. The van der Waals surface area contributed by atoms with Crippen LogP contribution in [-0.4, -0.2) is 22.6 Å². The summed E-state index contributed by atoms with van der Waals surface area (Å²) >= 11 is 3.51. The first kappa shape index (κ1) is 14.8. The number of carbonyl (C=O) groups is 1. The molecular weight excluding hydrogens is 320 g/mol. The number of carboxylic acid groups (broad SMARTS) is 1. The topological polar surface area (TPSA) is 62.2 Å². The van der Waals surface area contributed by atoms with Crippen LogP contribution in [0.4, 0.5) is 5.82 Å². The van der Waals surface area contributed by atoms with Crippen LogP contribution in [0.1, 0.15) is 19.8 Å². The summed E-state index contributed by atoms with van der Waals surface area (Å²) in [6.45, 7) is 2.38. The van der Waals surface area contributed by atoms with Crippen LogP contribution in [0.2, 0.25) is 0 Å². The molecule has 1 heterocycles. The number of aromatic nitrogens is 1. The van der Waals surface area contributed by atoms with Crippen LogP contribution in [0, 0.1) is 5.92 Å². The van der Waals surface area contributed by atoms with Crippen LogP contribution in [0.15, 0.2) is 34.9 Å². The minimum Gasteiger partial charge on any atom is -0.481 e. The smallest absolute Gasteiger partial charge is 0.308 e. The maximum Gasteiger partial charge on any atom is 0.308 e. The highest BCUT2D eigenvalue weighted by molar-refractivity contribution is 9.10. The molecule has 1 atom stereocenters. The first-order valence-corrected chi connectivity index (χ1v) is 7.42. The Bertz CT molecular complexity index is 616. The molecule has 0 fully saturated rings. The number of halogens is 1. The van der Waals surface area contributed by atoms with Gasteiger partial charge in [0.2, 0.25) is 0 Å². The second kappa shape index (κ2) is 6.70. The van der Waals surface area contributed by atoms with Gasteiger partial charge >= 0.3 is 5.97 Å². The van der Waals surface area contributed by atoms with Gasteiger partial charge in [-0.25, -0.2) is 4.98 Å². The molecule has 106 valence electrons. The Morgan fingerprint density at radius 3 is 2.90 bits per heavy atom. The highest BCUT2D eigenvalue weighted by atomic mass is 79.9. The van der Waals surface area contributed by atoms with Gasteiger partial charge in [0, 0.05) is 28.0 Å². The van der Waals surface area contributed by atoms with Gasteiger partial charge in [-0.1, -0.05) is 41.4 Å². The fourth-order valence-corrected chi connectivity index (χ4v) is 2.69. The molecular formula is C15H17BrN2O2. The van der Waals surface area contributed by atoms with E-state index in [1.807, 2.05) is 31.2 Å². The maximum atomic E-state index is 11.2. The monoisotopic (exact) mass is 336 g/mol. The number of hydrogen-bond donors (Lipinski definition) is 2. The number of hydrogen-bond acceptors (Lipinski definition) is 3. The minimum atomic E-state index is -0.763. The lowest BCUT2D eigenvalue weighted by Gasteiger charge is -2.14. The molecule has 1 aromatic carbocycles. The van der Waals surface area contributed by atoms with Crippen molar-refractivity contribution in [2.24, 2.45) is 5.92 Å². The third-order valence-electron chi connectivity index (χ3n) is 3.26. The quantitative estimate of drug-likeness (QED) is 0.839. The number of nitrogens with one attached hydrogen (secondary N) is 1. The van der Waals surface area contributed by atoms with Gasteiger partial charge < -0.3 is 10.4 Å².